The average molecular weight is 544 g/mol. The van der Waals surface area contributed by atoms with Gasteiger partial charge in [-0.1, -0.05) is 35.9 Å². The second-order valence-corrected chi connectivity index (χ2v) is 7.45. The molecule has 2 aromatic rings. The van der Waals surface area contributed by atoms with Gasteiger partial charge in [-0.25, -0.2) is 9.98 Å². The molecule has 8 heteroatoms. The van der Waals surface area contributed by atoms with Gasteiger partial charge in [-0.2, -0.15) is 0 Å². The highest BCUT2D eigenvalue weighted by Gasteiger charge is 2.26. The number of nitrogens with one attached hydrogen (secondary N) is 2. The van der Waals surface area contributed by atoms with E-state index in [9.17, 15) is 0 Å². The van der Waals surface area contributed by atoms with E-state index in [0.29, 0.717) is 11.7 Å². The molecule has 1 atom stereocenters. The molecule has 30 heavy (non-hydrogen) atoms. The Kier molecular flexibility index (Phi) is 10.7. The van der Waals surface area contributed by atoms with E-state index in [2.05, 4.69) is 39.6 Å². The average Bonchev–Trinajstić information content (AvgIpc) is 3.28. The first-order chi connectivity index (χ1) is 14.2. The molecule has 0 bridgehead atoms. The molecule has 1 aromatic heterocycles. The van der Waals surface area contributed by atoms with E-state index in [0.717, 1.165) is 43.5 Å². The normalized spacial score (nSPS) is 15.4. The first-order valence-corrected chi connectivity index (χ1v) is 10.6. The summed E-state index contributed by atoms with van der Waals surface area (Å²) in [6, 6.07) is 12.3. The van der Waals surface area contributed by atoms with Crippen molar-refractivity contribution in [1.82, 2.24) is 20.5 Å². The molecule has 2 N–H and O–H groups in total. The number of benzene rings is 1. The summed E-state index contributed by atoms with van der Waals surface area (Å²) in [7, 11) is 1.74. The van der Waals surface area contributed by atoms with Crippen molar-refractivity contribution in [1.29, 1.82) is 0 Å². The predicted octanol–water partition coefficient (Wildman–Crippen LogP) is 4.25. The third-order valence-corrected chi connectivity index (χ3v) is 5.32. The zero-order chi connectivity index (χ0) is 20.5. The van der Waals surface area contributed by atoms with E-state index in [1.54, 1.807) is 19.4 Å². The van der Waals surface area contributed by atoms with Gasteiger partial charge < -0.3 is 15.4 Å². The molecule has 2 heterocycles. The monoisotopic (exact) mass is 543 g/mol. The van der Waals surface area contributed by atoms with E-state index >= 15 is 0 Å². The Bertz CT molecular complexity index is 796. The van der Waals surface area contributed by atoms with Gasteiger partial charge in [0.1, 0.15) is 10.9 Å². The molecule has 164 valence electrons. The number of pyridine rings is 1. The fourth-order valence-electron chi connectivity index (χ4n) is 3.64. The number of guanidine groups is 1. The summed E-state index contributed by atoms with van der Waals surface area (Å²) in [6.07, 6.45) is 4.24. The number of rotatable bonds is 8. The van der Waals surface area contributed by atoms with Crippen LogP contribution in [0.4, 0.5) is 0 Å². The van der Waals surface area contributed by atoms with Crippen molar-refractivity contribution in [3.05, 3.63) is 58.9 Å². The van der Waals surface area contributed by atoms with Gasteiger partial charge in [0.15, 0.2) is 5.96 Å². The Morgan fingerprint density at radius 1 is 1.20 bits per heavy atom. The number of halogens is 2. The number of ether oxygens (including phenoxy) is 1. The maximum Gasteiger partial charge on any atom is 0.191 e. The first-order valence-electron chi connectivity index (χ1n) is 10.2. The molecule has 1 saturated heterocycles. The Labute approximate surface area is 201 Å². The van der Waals surface area contributed by atoms with E-state index in [1.165, 1.54) is 18.4 Å². The van der Waals surface area contributed by atoms with Crippen LogP contribution < -0.4 is 15.4 Å². The zero-order valence-electron chi connectivity index (χ0n) is 17.6. The Balaban J connectivity index is 0.00000320. The SMILES string of the molecule is CCNC(=NCc1ccc(Cl)nc1)NCC(c1ccccc1OC)N1CCCC1.I. The molecular weight excluding hydrogens is 513 g/mol. The molecule has 1 aliphatic rings. The molecule has 0 radical (unpaired) electrons. The highest BCUT2D eigenvalue weighted by atomic mass is 127. The van der Waals surface area contributed by atoms with E-state index in [1.807, 2.05) is 18.2 Å². The minimum atomic E-state index is 0. The number of nitrogens with zero attached hydrogens (tertiary/aromatic N) is 3. The lowest BCUT2D eigenvalue weighted by atomic mass is 10.0. The summed E-state index contributed by atoms with van der Waals surface area (Å²) in [4.78, 5) is 11.4. The van der Waals surface area contributed by atoms with Crippen LogP contribution in [0.3, 0.4) is 0 Å². The summed E-state index contributed by atoms with van der Waals surface area (Å²) >= 11 is 5.87. The van der Waals surface area contributed by atoms with Gasteiger partial charge in [-0.3, -0.25) is 4.90 Å². The molecule has 0 aliphatic carbocycles. The number of aliphatic imine (C=N–C) groups is 1. The fourth-order valence-corrected chi connectivity index (χ4v) is 3.75. The lowest BCUT2D eigenvalue weighted by molar-refractivity contribution is 0.239. The van der Waals surface area contributed by atoms with Crippen LogP contribution in [0.2, 0.25) is 5.15 Å². The van der Waals surface area contributed by atoms with Gasteiger partial charge in [0.25, 0.3) is 0 Å². The molecule has 6 nitrogen and oxygen atoms in total. The summed E-state index contributed by atoms with van der Waals surface area (Å²) in [5.74, 6) is 1.72. The van der Waals surface area contributed by atoms with Crippen LogP contribution in [0.15, 0.2) is 47.6 Å². The van der Waals surface area contributed by atoms with Crippen LogP contribution in [-0.4, -0.2) is 49.1 Å². The molecular formula is C22H31ClIN5O. The van der Waals surface area contributed by atoms with Crippen LogP contribution in [0, 0.1) is 0 Å². The van der Waals surface area contributed by atoms with Crippen molar-refractivity contribution in [3.8, 4) is 5.75 Å². The summed E-state index contributed by atoms with van der Waals surface area (Å²) in [5.41, 5.74) is 2.23. The summed E-state index contributed by atoms with van der Waals surface area (Å²) in [5, 5.41) is 7.35. The van der Waals surface area contributed by atoms with Gasteiger partial charge in [0.05, 0.1) is 19.7 Å². The summed E-state index contributed by atoms with van der Waals surface area (Å²) in [6.45, 7) is 6.38. The Morgan fingerprint density at radius 3 is 2.63 bits per heavy atom. The lowest BCUT2D eigenvalue weighted by Gasteiger charge is -2.30. The van der Waals surface area contributed by atoms with Gasteiger partial charge in [-0.05, 0) is 50.6 Å². The van der Waals surface area contributed by atoms with Gasteiger partial charge in [-0.15, -0.1) is 24.0 Å². The van der Waals surface area contributed by atoms with Crippen LogP contribution in [-0.2, 0) is 6.54 Å². The highest BCUT2D eigenvalue weighted by molar-refractivity contribution is 14.0. The quantitative estimate of drug-likeness (QED) is 0.226. The number of hydrogen-bond donors (Lipinski definition) is 2. The highest BCUT2D eigenvalue weighted by Crippen LogP contribution is 2.31. The van der Waals surface area contributed by atoms with Crippen molar-refractivity contribution in [2.75, 3.05) is 33.3 Å². The number of para-hydroxylation sites is 1. The van der Waals surface area contributed by atoms with Crippen molar-refractivity contribution in [2.24, 2.45) is 4.99 Å². The van der Waals surface area contributed by atoms with Crippen molar-refractivity contribution < 1.29 is 4.74 Å². The predicted molar refractivity (Wildman–Crippen MR) is 134 cm³/mol. The number of hydrogen-bond acceptors (Lipinski definition) is 4. The van der Waals surface area contributed by atoms with Crippen LogP contribution in [0.1, 0.15) is 36.9 Å². The van der Waals surface area contributed by atoms with Gasteiger partial charge in [0, 0.05) is 24.8 Å². The molecule has 0 amide bonds. The van der Waals surface area contributed by atoms with E-state index in [-0.39, 0.29) is 30.0 Å². The summed E-state index contributed by atoms with van der Waals surface area (Å²) < 4.78 is 5.64. The van der Waals surface area contributed by atoms with Gasteiger partial charge in [0.2, 0.25) is 0 Å². The standard InChI is InChI=1S/C22H30ClN5O.HI/c1-3-24-22(26-15-17-10-11-21(23)25-14-17)27-16-19(28-12-6-7-13-28)18-8-4-5-9-20(18)29-2;/h4-5,8-11,14,19H,3,6-7,12-13,15-16H2,1-2H3,(H2,24,26,27);1H. The Hall–Kier alpha value is -1.58. The van der Waals surface area contributed by atoms with Crippen LogP contribution in [0.25, 0.3) is 0 Å². The van der Waals surface area contributed by atoms with E-state index < -0.39 is 0 Å². The molecule has 0 saturated carbocycles. The minimum absolute atomic E-state index is 0. The molecule has 1 fully saturated rings. The van der Waals surface area contributed by atoms with Crippen LogP contribution in [0.5, 0.6) is 5.75 Å². The van der Waals surface area contributed by atoms with Crippen molar-refractivity contribution >= 4 is 41.5 Å². The molecule has 1 aromatic carbocycles. The molecule has 3 rings (SSSR count). The second-order valence-electron chi connectivity index (χ2n) is 7.07. The van der Waals surface area contributed by atoms with Gasteiger partial charge >= 0.3 is 0 Å². The fraction of sp³-hybridized carbons (Fsp3) is 0.455. The smallest absolute Gasteiger partial charge is 0.191 e. The minimum Gasteiger partial charge on any atom is -0.496 e. The molecule has 1 unspecified atom stereocenters. The molecule has 1 aliphatic heterocycles. The number of aromatic nitrogens is 1. The lowest BCUT2D eigenvalue weighted by Crippen LogP contribution is -2.42. The number of methoxy groups -OCH3 is 1. The largest absolute Gasteiger partial charge is 0.496 e. The maximum atomic E-state index is 5.87. The zero-order valence-corrected chi connectivity index (χ0v) is 20.7. The second kappa shape index (κ2) is 13.0. The maximum absolute atomic E-state index is 5.87. The van der Waals surface area contributed by atoms with Crippen molar-refractivity contribution in [2.45, 2.75) is 32.4 Å². The topological polar surface area (TPSA) is 61.8 Å². The van der Waals surface area contributed by atoms with Crippen LogP contribution >= 0.6 is 35.6 Å². The third-order valence-electron chi connectivity index (χ3n) is 5.09. The Morgan fingerprint density at radius 2 is 1.97 bits per heavy atom. The molecule has 0 spiro atoms. The first kappa shape index (κ1) is 24.7. The third kappa shape index (κ3) is 6.99. The van der Waals surface area contributed by atoms with E-state index in [4.69, 9.17) is 21.3 Å². The van der Waals surface area contributed by atoms with Crippen molar-refractivity contribution in [3.63, 3.8) is 0 Å². The number of likely N-dealkylation sites (tertiary alicyclic amines) is 1.